The van der Waals surface area contributed by atoms with Crippen LogP contribution in [0.2, 0.25) is 0 Å². The van der Waals surface area contributed by atoms with Gasteiger partial charge in [0.15, 0.2) is 5.96 Å². The zero-order valence-corrected chi connectivity index (χ0v) is 9.80. The molecule has 0 spiro atoms. The first-order valence-electron chi connectivity index (χ1n) is 5.62. The molecule has 0 saturated heterocycles. The van der Waals surface area contributed by atoms with Crippen LogP contribution in [0.1, 0.15) is 40.0 Å². The second-order valence-corrected chi connectivity index (χ2v) is 4.14. The van der Waals surface area contributed by atoms with E-state index in [2.05, 4.69) is 29.5 Å². The van der Waals surface area contributed by atoms with Crippen LogP contribution in [0.5, 0.6) is 0 Å². The van der Waals surface area contributed by atoms with Crippen molar-refractivity contribution < 1.29 is 5.11 Å². The molecule has 1 rings (SSSR count). The summed E-state index contributed by atoms with van der Waals surface area (Å²) in [5.41, 5.74) is -0.181. The Bertz CT molecular complexity index is 273. The van der Waals surface area contributed by atoms with Crippen molar-refractivity contribution in [1.82, 2.24) is 10.6 Å². The maximum absolute atomic E-state index is 9.53. The van der Waals surface area contributed by atoms with Crippen molar-refractivity contribution in [3.05, 3.63) is 12.0 Å². The quantitative estimate of drug-likeness (QED) is 0.665. The Kier molecular flexibility index (Phi) is 4.00. The topological polar surface area (TPSA) is 56.7 Å². The summed E-state index contributed by atoms with van der Waals surface area (Å²) in [7, 11) is 0. The highest BCUT2D eigenvalue weighted by Crippen LogP contribution is 2.20. The first kappa shape index (κ1) is 11.9. The molecule has 0 aliphatic carbocycles. The van der Waals surface area contributed by atoms with Gasteiger partial charge in [-0.3, -0.25) is 0 Å². The minimum absolute atomic E-state index is 0.100. The van der Waals surface area contributed by atoms with Gasteiger partial charge < -0.3 is 15.7 Å². The molecule has 1 atom stereocenters. The zero-order valence-electron chi connectivity index (χ0n) is 9.80. The van der Waals surface area contributed by atoms with Crippen LogP contribution in [0.3, 0.4) is 0 Å². The summed E-state index contributed by atoms with van der Waals surface area (Å²) in [6, 6.07) is 0. The summed E-state index contributed by atoms with van der Waals surface area (Å²) in [5.74, 6) is 0.763. The Hall–Kier alpha value is -1.19. The molecule has 0 saturated carbocycles. The standard InChI is InChI=1S/C11H21N3O/c1-4-6-7-11(3)8-9(15)13-10(14-11)12-5-2/h8,15H,4-7H2,1-3H3,(H2,12,13,14). The number of hydrogen-bond acceptors (Lipinski definition) is 4. The van der Waals surface area contributed by atoms with Crippen molar-refractivity contribution in [2.45, 2.75) is 45.6 Å². The predicted molar refractivity (Wildman–Crippen MR) is 62.9 cm³/mol. The van der Waals surface area contributed by atoms with E-state index >= 15 is 0 Å². The minimum Gasteiger partial charge on any atom is -0.493 e. The second-order valence-electron chi connectivity index (χ2n) is 4.14. The molecule has 3 N–H and O–H groups in total. The van der Waals surface area contributed by atoms with Gasteiger partial charge in [-0.1, -0.05) is 19.8 Å². The molecule has 0 radical (unpaired) electrons. The van der Waals surface area contributed by atoms with Crippen molar-refractivity contribution in [2.75, 3.05) is 6.54 Å². The number of aliphatic hydroxyl groups excluding tert-OH is 1. The lowest BCUT2D eigenvalue weighted by molar-refractivity contribution is 0.363. The third-order valence-corrected chi connectivity index (χ3v) is 2.47. The number of unbranched alkanes of at least 4 members (excludes halogenated alkanes) is 1. The van der Waals surface area contributed by atoms with Gasteiger partial charge in [-0.05, 0) is 20.3 Å². The van der Waals surface area contributed by atoms with E-state index in [1.807, 2.05) is 6.92 Å². The summed E-state index contributed by atoms with van der Waals surface area (Å²) >= 11 is 0. The van der Waals surface area contributed by atoms with Crippen molar-refractivity contribution in [1.29, 1.82) is 0 Å². The fraction of sp³-hybridized carbons (Fsp3) is 0.727. The molecule has 0 amide bonds. The van der Waals surface area contributed by atoms with Crippen molar-refractivity contribution >= 4 is 5.96 Å². The molecule has 1 aliphatic rings. The average Bonchev–Trinajstić information content (AvgIpc) is 2.14. The van der Waals surface area contributed by atoms with E-state index in [1.54, 1.807) is 6.08 Å². The van der Waals surface area contributed by atoms with Gasteiger partial charge in [0.25, 0.3) is 0 Å². The van der Waals surface area contributed by atoms with Crippen LogP contribution in [0.15, 0.2) is 17.0 Å². The fourth-order valence-corrected chi connectivity index (χ4v) is 1.70. The molecule has 0 aromatic rings. The molecule has 1 heterocycles. The SMILES string of the molecule is CCCCC1(C)C=C(O)N=C(NCC)N1. The summed E-state index contributed by atoms with van der Waals surface area (Å²) in [4.78, 5) is 3.99. The molecule has 15 heavy (non-hydrogen) atoms. The van der Waals surface area contributed by atoms with Crippen LogP contribution < -0.4 is 10.6 Å². The number of rotatable bonds is 4. The van der Waals surface area contributed by atoms with E-state index in [1.165, 1.54) is 0 Å². The average molecular weight is 211 g/mol. The molecule has 0 aromatic heterocycles. The Labute approximate surface area is 91.5 Å². The summed E-state index contributed by atoms with van der Waals surface area (Å²) in [5, 5.41) is 15.9. The maximum Gasteiger partial charge on any atom is 0.212 e. The molecular formula is C11H21N3O. The zero-order chi connectivity index (χ0) is 11.3. The number of nitrogens with zero attached hydrogens (tertiary/aromatic N) is 1. The lowest BCUT2D eigenvalue weighted by atomic mass is 9.94. The van der Waals surface area contributed by atoms with E-state index in [0.717, 1.165) is 25.8 Å². The molecule has 0 aromatic carbocycles. The Balaban J connectivity index is 2.67. The van der Waals surface area contributed by atoms with Gasteiger partial charge in [0.1, 0.15) is 0 Å². The lowest BCUT2D eigenvalue weighted by Crippen LogP contribution is -2.52. The van der Waals surface area contributed by atoms with Crippen LogP contribution in [0.25, 0.3) is 0 Å². The van der Waals surface area contributed by atoms with Crippen molar-refractivity contribution in [3.63, 3.8) is 0 Å². The number of guanidine groups is 1. The highest BCUT2D eigenvalue weighted by Gasteiger charge is 2.26. The summed E-state index contributed by atoms with van der Waals surface area (Å²) in [6.45, 7) is 7.03. The molecule has 4 nitrogen and oxygen atoms in total. The van der Waals surface area contributed by atoms with Gasteiger partial charge >= 0.3 is 0 Å². The molecule has 0 fully saturated rings. The molecule has 1 aliphatic heterocycles. The first-order valence-corrected chi connectivity index (χ1v) is 5.62. The fourth-order valence-electron chi connectivity index (χ4n) is 1.70. The molecule has 86 valence electrons. The largest absolute Gasteiger partial charge is 0.493 e. The third-order valence-electron chi connectivity index (χ3n) is 2.47. The van der Waals surface area contributed by atoms with Gasteiger partial charge in [0, 0.05) is 12.6 Å². The lowest BCUT2D eigenvalue weighted by Gasteiger charge is -2.32. The van der Waals surface area contributed by atoms with E-state index in [-0.39, 0.29) is 11.4 Å². The van der Waals surface area contributed by atoms with E-state index in [9.17, 15) is 5.11 Å². The molecule has 1 unspecified atom stereocenters. The second kappa shape index (κ2) is 5.05. The third kappa shape index (κ3) is 3.46. The van der Waals surface area contributed by atoms with Crippen LogP contribution in [0.4, 0.5) is 0 Å². The smallest absolute Gasteiger partial charge is 0.212 e. The molecule has 0 bridgehead atoms. The van der Waals surface area contributed by atoms with Crippen LogP contribution in [-0.2, 0) is 0 Å². The van der Waals surface area contributed by atoms with E-state index in [0.29, 0.717) is 5.96 Å². The van der Waals surface area contributed by atoms with Crippen LogP contribution >= 0.6 is 0 Å². The first-order chi connectivity index (χ1) is 7.09. The Morgan fingerprint density at radius 1 is 1.53 bits per heavy atom. The number of hydrogen-bond donors (Lipinski definition) is 3. The van der Waals surface area contributed by atoms with Crippen LogP contribution in [0, 0.1) is 0 Å². The van der Waals surface area contributed by atoms with Gasteiger partial charge in [-0.25, -0.2) is 0 Å². The molecule has 4 heteroatoms. The Morgan fingerprint density at radius 2 is 2.27 bits per heavy atom. The van der Waals surface area contributed by atoms with E-state index < -0.39 is 0 Å². The van der Waals surface area contributed by atoms with Crippen LogP contribution in [-0.4, -0.2) is 23.1 Å². The van der Waals surface area contributed by atoms with Gasteiger partial charge in [-0.15, -0.1) is 0 Å². The maximum atomic E-state index is 9.53. The normalized spacial score (nSPS) is 25.3. The number of aliphatic imine (C=N–C) groups is 1. The van der Waals surface area contributed by atoms with Gasteiger partial charge in [-0.2, -0.15) is 4.99 Å². The van der Waals surface area contributed by atoms with Crippen molar-refractivity contribution in [3.8, 4) is 0 Å². The molecular weight excluding hydrogens is 190 g/mol. The summed E-state index contributed by atoms with van der Waals surface area (Å²) < 4.78 is 0. The van der Waals surface area contributed by atoms with Gasteiger partial charge in [0.05, 0.1) is 5.54 Å². The minimum atomic E-state index is -0.181. The Morgan fingerprint density at radius 3 is 2.87 bits per heavy atom. The predicted octanol–water partition coefficient (Wildman–Crippen LogP) is 1.90. The monoisotopic (exact) mass is 211 g/mol. The van der Waals surface area contributed by atoms with Gasteiger partial charge in [0.2, 0.25) is 5.88 Å². The highest BCUT2D eigenvalue weighted by molar-refractivity contribution is 5.82. The van der Waals surface area contributed by atoms with Crippen molar-refractivity contribution in [2.24, 2.45) is 4.99 Å². The highest BCUT2D eigenvalue weighted by atomic mass is 16.3. The number of nitrogens with one attached hydrogen (secondary N) is 2. The van der Waals surface area contributed by atoms with E-state index in [4.69, 9.17) is 0 Å². The summed E-state index contributed by atoms with van der Waals surface area (Å²) in [6.07, 6.45) is 5.06. The number of aliphatic hydroxyl groups is 1.